The lowest BCUT2D eigenvalue weighted by Gasteiger charge is -2.13. The molecule has 128 valence electrons. The number of hydrogen-bond donors (Lipinski definition) is 0. The lowest BCUT2D eigenvalue weighted by molar-refractivity contribution is -0.134. The van der Waals surface area contributed by atoms with Crippen molar-refractivity contribution in [3.05, 3.63) is 59.2 Å². The predicted molar refractivity (Wildman–Crippen MR) is 89.8 cm³/mol. The van der Waals surface area contributed by atoms with E-state index in [-0.39, 0.29) is 24.8 Å². The summed E-state index contributed by atoms with van der Waals surface area (Å²) < 4.78 is 10.2. The second kappa shape index (κ2) is 6.76. The van der Waals surface area contributed by atoms with Crippen molar-refractivity contribution in [3.8, 4) is 11.5 Å². The number of amides is 2. The van der Waals surface area contributed by atoms with E-state index in [4.69, 9.17) is 9.47 Å². The molecule has 1 aliphatic rings. The first-order chi connectivity index (χ1) is 12.0. The van der Waals surface area contributed by atoms with Crippen LogP contribution in [0.1, 0.15) is 32.7 Å². The van der Waals surface area contributed by atoms with E-state index in [0.717, 1.165) is 10.5 Å². The molecule has 0 saturated carbocycles. The predicted octanol–water partition coefficient (Wildman–Crippen LogP) is 2.60. The molecule has 0 fully saturated rings. The molecule has 0 bridgehead atoms. The van der Waals surface area contributed by atoms with E-state index in [1.165, 1.54) is 0 Å². The fourth-order valence-electron chi connectivity index (χ4n) is 2.64. The minimum atomic E-state index is -0.516. The van der Waals surface area contributed by atoms with Crippen molar-refractivity contribution in [2.75, 3.05) is 13.7 Å². The van der Waals surface area contributed by atoms with E-state index in [9.17, 15) is 14.4 Å². The van der Waals surface area contributed by atoms with Crippen LogP contribution >= 0.6 is 0 Å². The number of methoxy groups -OCH3 is 1. The van der Waals surface area contributed by atoms with Crippen molar-refractivity contribution in [2.45, 2.75) is 13.3 Å². The van der Waals surface area contributed by atoms with Crippen LogP contribution in [-0.4, -0.2) is 36.3 Å². The number of esters is 1. The maximum atomic E-state index is 12.3. The molecule has 0 unspecified atom stereocenters. The van der Waals surface area contributed by atoms with Gasteiger partial charge < -0.3 is 9.47 Å². The lowest BCUT2D eigenvalue weighted by Crippen LogP contribution is -2.32. The molecule has 0 atom stereocenters. The van der Waals surface area contributed by atoms with Gasteiger partial charge >= 0.3 is 5.97 Å². The van der Waals surface area contributed by atoms with Gasteiger partial charge in [0.1, 0.15) is 11.5 Å². The van der Waals surface area contributed by atoms with Gasteiger partial charge in [-0.3, -0.25) is 19.3 Å². The topological polar surface area (TPSA) is 72.9 Å². The highest BCUT2D eigenvalue weighted by Gasteiger charge is 2.35. The Morgan fingerprint density at radius 3 is 2.28 bits per heavy atom. The zero-order chi connectivity index (χ0) is 18.0. The van der Waals surface area contributed by atoms with E-state index in [2.05, 4.69) is 0 Å². The number of imide groups is 1. The Bertz CT molecular complexity index is 841. The van der Waals surface area contributed by atoms with Crippen molar-refractivity contribution in [1.82, 2.24) is 4.90 Å². The fraction of sp³-hybridized carbons (Fsp3) is 0.211. The maximum absolute atomic E-state index is 12.3. The number of rotatable bonds is 5. The molecule has 2 aromatic carbocycles. The molecule has 0 saturated heterocycles. The number of nitrogens with zero attached hydrogens (tertiary/aromatic N) is 1. The molecule has 1 heterocycles. The van der Waals surface area contributed by atoms with Gasteiger partial charge in [-0.25, -0.2) is 0 Å². The third-order valence-corrected chi connectivity index (χ3v) is 3.96. The van der Waals surface area contributed by atoms with Crippen LogP contribution in [0.3, 0.4) is 0 Å². The minimum absolute atomic E-state index is 0.0135. The van der Waals surface area contributed by atoms with Gasteiger partial charge in [0.05, 0.1) is 24.7 Å². The molecule has 0 radical (unpaired) electrons. The normalized spacial score (nSPS) is 13.0. The van der Waals surface area contributed by atoms with Crippen LogP contribution in [0.2, 0.25) is 0 Å². The Morgan fingerprint density at radius 2 is 1.60 bits per heavy atom. The van der Waals surface area contributed by atoms with Gasteiger partial charge in [0.15, 0.2) is 0 Å². The Balaban J connectivity index is 1.61. The van der Waals surface area contributed by atoms with Crippen LogP contribution in [0.15, 0.2) is 42.5 Å². The molecule has 6 heteroatoms. The van der Waals surface area contributed by atoms with E-state index < -0.39 is 5.97 Å². The lowest BCUT2D eigenvalue weighted by atomic mass is 10.1. The second-order valence-electron chi connectivity index (χ2n) is 5.71. The van der Waals surface area contributed by atoms with E-state index >= 15 is 0 Å². The van der Waals surface area contributed by atoms with Gasteiger partial charge in [0, 0.05) is 6.54 Å². The molecule has 2 aromatic rings. The number of hydrogen-bond acceptors (Lipinski definition) is 5. The van der Waals surface area contributed by atoms with Crippen LogP contribution in [0.5, 0.6) is 11.5 Å². The maximum Gasteiger partial charge on any atom is 0.312 e. The highest BCUT2D eigenvalue weighted by atomic mass is 16.5. The van der Waals surface area contributed by atoms with Crippen molar-refractivity contribution in [1.29, 1.82) is 0 Å². The van der Waals surface area contributed by atoms with Crippen molar-refractivity contribution >= 4 is 17.8 Å². The Labute approximate surface area is 145 Å². The molecule has 0 spiro atoms. The first kappa shape index (κ1) is 16.7. The molecule has 25 heavy (non-hydrogen) atoms. The average molecular weight is 339 g/mol. The van der Waals surface area contributed by atoms with Crippen LogP contribution < -0.4 is 9.47 Å². The fourth-order valence-corrected chi connectivity index (χ4v) is 2.64. The highest BCUT2D eigenvalue weighted by molar-refractivity contribution is 6.21. The standard InChI is InChI=1S/C19H17NO5/c1-12-3-8-15-16(11-12)19(23)20(18(15)22)10-9-17(21)25-14-6-4-13(24-2)5-7-14/h3-8,11H,9-10H2,1-2H3. The third-order valence-electron chi connectivity index (χ3n) is 3.96. The largest absolute Gasteiger partial charge is 0.497 e. The highest BCUT2D eigenvalue weighted by Crippen LogP contribution is 2.24. The summed E-state index contributed by atoms with van der Waals surface area (Å²) in [4.78, 5) is 37.7. The molecule has 0 aliphatic carbocycles. The molecule has 0 aromatic heterocycles. The van der Waals surface area contributed by atoms with Crippen LogP contribution in [-0.2, 0) is 4.79 Å². The number of benzene rings is 2. The Kier molecular flexibility index (Phi) is 4.52. The summed E-state index contributed by atoms with van der Waals surface area (Å²) in [5, 5.41) is 0. The summed E-state index contributed by atoms with van der Waals surface area (Å²) in [6.07, 6.45) is -0.0729. The van der Waals surface area contributed by atoms with Crippen molar-refractivity contribution in [3.63, 3.8) is 0 Å². The van der Waals surface area contributed by atoms with E-state index in [0.29, 0.717) is 22.6 Å². The van der Waals surface area contributed by atoms with Gasteiger partial charge in [-0.05, 0) is 43.3 Å². The summed E-state index contributed by atoms with van der Waals surface area (Å²) in [6, 6.07) is 11.7. The van der Waals surface area contributed by atoms with E-state index in [1.54, 1.807) is 49.6 Å². The summed E-state index contributed by atoms with van der Waals surface area (Å²) in [5.74, 6) is -0.235. The van der Waals surface area contributed by atoms with E-state index in [1.807, 2.05) is 6.92 Å². The van der Waals surface area contributed by atoms with Crippen LogP contribution in [0.4, 0.5) is 0 Å². The van der Waals surface area contributed by atoms with Gasteiger partial charge in [-0.1, -0.05) is 11.6 Å². The summed E-state index contributed by atoms with van der Waals surface area (Å²) in [5.41, 5.74) is 1.66. The molecule has 0 N–H and O–H groups in total. The van der Waals surface area contributed by atoms with Crippen molar-refractivity contribution in [2.24, 2.45) is 0 Å². The number of carbonyl (C=O) groups is 3. The molecule has 2 amide bonds. The number of fused-ring (bicyclic) bond motifs is 1. The quantitative estimate of drug-likeness (QED) is 0.476. The first-order valence-corrected chi connectivity index (χ1v) is 7.81. The number of ether oxygens (including phenoxy) is 2. The Morgan fingerprint density at radius 1 is 0.960 bits per heavy atom. The summed E-state index contributed by atoms with van der Waals surface area (Å²) in [6.45, 7) is 1.84. The molecular weight excluding hydrogens is 322 g/mol. The van der Waals surface area contributed by atoms with Gasteiger partial charge in [0.25, 0.3) is 11.8 Å². The summed E-state index contributed by atoms with van der Waals surface area (Å²) >= 11 is 0. The molecule has 1 aliphatic heterocycles. The monoisotopic (exact) mass is 339 g/mol. The number of carbonyl (C=O) groups excluding carboxylic acids is 3. The SMILES string of the molecule is COc1ccc(OC(=O)CCN2C(=O)c3ccc(C)cc3C2=O)cc1. The van der Waals surface area contributed by atoms with Gasteiger partial charge in [-0.15, -0.1) is 0 Å². The first-order valence-electron chi connectivity index (χ1n) is 7.81. The van der Waals surface area contributed by atoms with Crippen LogP contribution in [0.25, 0.3) is 0 Å². The average Bonchev–Trinajstić information content (AvgIpc) is 2.84. The van der Waals surface area contributed by atoms with Gasteiger partial charge in [0.2, 0.25) is 0 Å². The molecule has 6 nitrogen and oxygen atoms in total. The Hall–Kier alpha value is -3.15. The van der Waals surface area contributed by atoms with Crippen molar-refractivity contribution < 1.29 is 23.9 Å². The van der Waals surface area contributed by atoms with Crippen LogP contribution in [0, 0.1) is 6.92 Å². The second-order valence-corrected chi connectivity index (χ2v) is 5.71. The zero-order valence-corrected chi connectivity index (χ0v) is 13.9. The van der Waals surface area contributed by atoms with Gasteiger partial charge in [-0.2, -0.15) is 0 Å². The third kappa shape index (κ3) is 3.38. The minimum Gasteiger partial charge on any atom is -0.497 e. The smallest absolute Gasteiger partial charge is 0.312 e. The zero-order valence-electron chi connectivity index (χ0n) is 13.9. The molecule has 3 rings (SSSR count). The molecular formula is C19H17NO5. The summed E-state index contributed by atoms with van der Waals surface area (Å²) in [7, 11) is 1.55. The number of aryl methyl sites for hydroxylation is 1.